The maximum Gasteiger partial charge on any atom is 0.138 e. The van der Waals surface area contributed by atoms with Gasteiger partial charge in [-0.1, -0.05) is 0 Å². The van der Waals surface area contributed by atoms with Crippen molar-refractivity contribution in [1.29, 1.82) is 0 Å². The number of hydrogen-bond donors (Lipinski definition) is 2. The van der Waals surface area contributed by atoms with Gasteiger partial charge in [0, 0.05) is 17.5 Å². The molecule has 1 atom stereocenters. The second kappa shape index (κ2) is 4.35. The van der Waals surface area contributed by atoms with Gasteiger partial charge in [-0.2, -0.15) is 0 Å². The highest BCUT2D eigenvalue weighted by molar-refractivity contribution is 7.18. The van der Waals surface area contributed by atoms with Crippen LogP contribution in [-0.4, -0.2) is 22.6 Å². The summed E-state index contributed by atoms with van der Waals surface area (Å²) < 4.78 is 0. The highest BCUT2D eigenvalue weighted by Gasteiger charge is 2.11. The van der Waals surface area contributed by atoms with Crippen LogP contribution in [-0.2, 0) is 0 Å². The summed E-state index contributed by atoms with van der Waals surface area (Å²) in [6, 6.07) is 0.116. The Hall–Kier alpha value is -1.20. The number of hydrogen-bond acceptors (Lipinski definition) is 5. The molecule has 0 fully saturated rings. The fourth-order valence-electron chi connectivity index (χ4n) is 1.57. The third kappa shape index (κ3) is 2.01. The van der Waals surface area contributed by atoms with Gasteiger partial charge >= 0.3 is 0 Å². The summed E-state index contributed by atoms with van der Waals surface area (Å²) in [5, 5.41) is 4.40. The molecule has 0 aromatic carbocycles. The van der Waals surface area contributed by atoms with E-state index in [0.29, 0.717) is 0 Å². The maximum absolute atomic E-state index is 5.72. The van der Waals surface area contributed by atoms with Crippen molar-refractivity contribution in [2.75, 3.05) is 11.9 Å². The van der Waals surface area contributed by atoms with Gasteiger partial charge in [0.15, 0.2) is 0 Å². The molecule has 2 aromatic rings. The fraction of sp³-hybridized carbons (Fsp3) is 0.455. The average Bonchev–Trinajstić information content (AvgIpc) is 2.52. The van der Waals surface area contributed by atoms with Gasteiger partial charge in [0.2, 0.25) is 0 Å². The standard InChI is InChI=1S/C11H16N4S/c1-6(12)4-13-10-9-7(2)8(3)16-11(9)15-5-14-10/h5-6H,4,12H2,1-3H3,(H,13,14,15). The number of aromatic nitrogens is 2. The molecule has 0 spiro atoms. The van der Waals surface area contributed by atoms with E-state index in [1.807, 2.05) is 6.92 Å². The zero-order valence-corrected chi connectivity index (χ0v) is 10.6. The minimum atomic E-state index is 0.116. The fourth-order valence-corrected chi connectivity index (χ4v) is 2.57. The molecule has 5 heteroatoms. The van der Waals surface area contributed by atoms with Crippen LogP contribution in [0.3, 0.4) is 0 Å². The molecule has 0 radical (unpaired) electrons. The molecule has 3 N–H and O–H groups in total. The topological polar surface area (TPSA) is 63.8 Å². The summed E-state index contributed by atoms with van der Waals surface area (Å²) in [5.74, 6) is 0.893. The number of aryl methyl sites for hydroxylation is 2. The quantitative estimate of drug-likeness (QED) is 0.856. The van der Waals surface area contributed by atoms with Gasteiger partial charge < -0.3 is 11.1 Å². The van der Waals surface area contributed by atoms with Crippen molar-refractivity contribution in [3.63, 3.8) is 0 Å². The van der Waals surface area contributed by atoms with E-state index in [-0.39, 0.29) is 6.04 Å². The number of fused-ring (bicyclic) bond motifs is 1. The molecule has 16 heavy (non-hydrogen) atoms. The van der Waals surface area contributed by atoms with Gasteiger partial charge in [0.25, 0.3) is 0 Å². The summed E-state index contributed by atoms with van der Waals surface area (Å²) in [5.41, 5.74) is 6.98. The van der Waals surface area contributed by atoms with Gasteiger partial charge in [-0.25, -0.2) is 9.97 Å². The first-order valence-electron chi connectivity index (χ1n) is 5.29. The zero-order chi connectivity index (χ0) is 11.7. The number of anilines is 1. The number of nitrogens with two attached hydrogens (primary N) is 1. The van der Waals surface area contributed by atoms with Crippen molar-refractivity contribution in [2.24, 2.45) is 5.73 Å². The predicted molar refractivity (Wildman–Crippen MR) is 69.0 cm³/mol. The number of rotatable bonds is 3. The number of nitrogens with one attached hydrogen (secondary N) is 1. The van der Waals surface area contributed by atoms with E-state index in [4.69, 9.17) is 5.73 Å². The van der Waals surface area contributed by atoms with Crippen LogP contribution in [0.2, 0.25) is 0 Å². The van der Waals surface area contributed by atoms with Crippen LogP contribution in [0, 0.1) is 13.8 Å². The highest BCUT2D eigenvalue weighted by Crippen LogP contribution is 2.32. The van der Waals surface area contributed by atoms with E-state index in [2.05, 4.69) is 29.1 Å². The summed E-state index contributed by atoms with van der Waals surface area (Å²) >= 11 is 1.70. The Morgan fingerprint density at radius 1 is 1.44 bits per heavy atom. The number of nitrogens with zero attached hydrogens (tertiary/aromatic N) is 2. The molecular weight excluding hydrogens is 220 g/mol. The van der Waals surface area contributed by atoms with Crippen molar-refractivity contribution in [3.05, 3.63) is 16.8 Å². The molecule has 0 aliphatic carbocycles. The van der Waals surface area contributed by atoms with E-state index >= 15 is 0 Å². The van der Waals surface area contributed by atoms with Gasteiger partial charge in [0.05, 0.1) is 5.39 Å². The lowest BCUT2D eigenvalue weighted by Crippen LogP contribution is -2.25. The van der Waals surface area contributed by atoms with Crippen LogP contribution >= 0.6 is 11.3 Å². The molecule has 0 saturated heterocycles. The Balaban J connectivity index is 2.44. The number of thiophene rings is 1. The van der Waals surface area contributed by atoms with Crippen LogP contribution in [0.1, 0.15) is 17.4 Å². The van der Waals surface area contributed by atoms with Gasteiger partial charge in [-0.3, -0.25) is 0 Å². The van der Waals surface area contributed by atoms with Crippen molar-refractivity contribution in [3.8, 4) is 0 Å². The molecule has 0 bridgehead atoms. The Morgan fingerprint density at radius 3 is 2.88 bits per heavy atom. The molecule has 4 nitrogen and oxygen atoms in total. The lowest BCUT2D eigenvalue weighted by Gasteiger charge is -2.09. The Morgan fingerprint density at radius 2 is 2.19 bits per heavy atom. The predicted octanol–water partition coefficient (Wildman–Crippen LogP) is 2.07. The third-order valence-corrected chi connectivity index (χ3v) is 3.67. The van der Waals surface area contributed by atoms with E-state index in [1.165, 1.54) is 10.4 Å². The van der Waals surface area contributed by atoms with Crippen molar-refractivity contribution in [2.45, 2.75) is 26.8 Å². The van der Waals surface area contributed by atoms with E-state index in [0.717, 1.165) is 22.6 Å². The Kier molecular flexibility index (Phi) is 3.07. The monoisotopic (exact) mass is 236 g/mol. The summed E-state index contributed by atoms with van der Waals surface area (Å²) in [4.78, 5) is 10.9. The molecule has 0 aliphatic rings. The van der Waals surface area contributed by atoms with Crippen LogP contribution in [0.15, 0.2) is 6.33 Å². The van der Waals surface area contributed by atoms with Crippen LogP contribution < -0.4 is 11.1 Å². The van der Waals surface area contributed by atoms with Crippen molar-refractivity contribution in [1.82, 2.24) is 9.97 Å². The van der Waals surface area contributed by atoms with Crippen molar-refractivity contribution < 1.29 is 0 Å². The summed E-state index contributed by atoms with van der Waals surface area (Å²) in [6.45, 7) is 6.91. The van der Waals surface area contributed by atoms with Crippen LogP contribution in [0.4, 0.5) is 5.82 Å². The van der Waals surface area contributed by atoms with Gasteiger partial charge in [-0.15, -0.1) is 11.3 Å². The lowest BCUT2D eigenvalue weighted by molar-refractivity contribution is 0.778. The minimum absolute atomic E-state index is 0.116. The first-order chi connectivity index (χ1) is 7.59. The smallest absolute Gasteiger partial charge is 0.138 e. The highest BCUT2D eigenvalue weighted by atomic mass is 32.1. The maximum atomic E-state index is 5.72. The molecule has 0 amide bonds. The van der Waals surface area contributed by atoms with Crippen molar-refractivity contribution >= 4 is 27.4 Å². The van der Waals surface area contributed by atoms with E-state index < -0.39 is 0 Å². The molecule has 0 saturated carbocycles. The molecule has 86 valence electrons. The second-order valence-electron chi connectivity index (χ2n) is 4.04. The minimum Gasteiger partial charge on any atom is -0.368 e. The van der Waals surface area contributed by atoms with Crippen LogP contribution in [0.5, 0.6) is 0 Å². The van der Waals surface area contributed by atoms with E-state index in [9.17, 15) is 0 Å². The summed E-state index contributed by atoms with van der Waals surface area (Å²) in [6.07, 6.45) is 1.60. The van der Waals surface area contributed by atoms with Gasteiger partial charge in [0.1, 0.15) is 17.0 Å². The lowest BCUT2D eigenvalue weighted by atomic mass is 10.2. The zero-order valence-electron chi connectivity index (χ0n) is 9.74. The Bertz CT molecular complexity index is 504. The normalized spacial score (nSPS) is 13.0. The third-order valence-electron chi connectivity index (χ3n) is 2.56. The summed E-state index contributed by atoms with van der Waals surface area (Å²) in [7, 11) is 0. The largest absolute Gasteiger partial charge is 0.368 e. The molecule has 0 aliphatic heterocycles. The molecule has 2 aromatic heterocycles. The second-order valence-corrected chi connectivity index (χ2v) is 5.25. The average molecular weight is 236 g/mol. The Labute approximate surface area is 98.9 Å². The van der Waals surface area contributed by atoms with E-state index in [1.54, 1.807) is 17.7 Å². The molecule has 2 rings (SSSR count). The molecular formula is C11H16N4S. The SMILES string of the molecule is Cc1sc2ncnc(NCC(C)N)c2c1C. The van der Waals surface area contributed by atoms with Crippen LogP contribution in [0.25, 0.3) is 10.2 Å². The molecule has 2 heterocycles. The van der Waals surface area contributed by atoms with Gasteiger partial charge in [-0.05, 0) is 26.3 Å². The molecule has 1 unspecified atom stereocenters. The first-order valence-corrected chi connectivity index (χ1v) is 6.11. The first kappa shape index (κ1) is 11.3.